The third kappa shape index (κ3) is 3.23. The molecule has 5 rings (SSSR count). The summed E-state index contributed by atoms with van der Waals surface area (Å²) < 4.78 is 2.20. The fraction of sp³-hybridized carbons (Fsp3) is 0.174. The van der Waals surface area contributed by atoms with Gasteiger partial charge in [-0.1, -0.05) is 36.4 Å². The third-order valence-electron chi connectivity index (χ3n) is 5.35. The number of aromatic nitrogens is 3. The Kier molecular flexibility index (Phi) is 4.24. The van der Waals surface area contributed by atoms with Crippen molar-refractivity contribution in [2.75, 3.05) is 5.32 Å². The van der Waals surface area contributed by atoms with Gasteiger partial charge >= 0.3 is 0 Å². The molecule has 6 heteroatoms. The second kappa shape index (κ2) is 7.05. The summed E-state index contributed by atoms with van der Waals surface area (Å²) in [4.78, 5) is 32.6. The Morgan fingerprint density at radius 2 is 1.90 bits per heavy atom. The number of amides is 1. The summed E-state index contributed by atoms with van der Waals surface area (Å²) in [5.41, 5.74) is 3.09. The lowest BCUT2D eigenvalue weighted by molar-refractivity contribution is 0.102. The van der Waals surface area contributed by atoms with Crippen LogP contribution in [0.15, 0.2) is 65.6 Å². The number of imidazole rings is 1. The van der Waals surface area contributed by atoms with Crippen molar-refractivity contribution < 1.29 is 4.79 Å². The second-order valence-electron chi connectivity index (χ2n) is 7.29. The molecule has 2 N–H and O–H groups in total. The number of pyridine rings is 1. The number of anilines is 1. The first-order valence-corrected chi connectivity index (χ1v) is 9.78. The predicted molar refractivity (Wildman–Crippen MR) is 113 cm³/mol. The molecule has 3 heterocycles. The fourth-order valence-electron chi connectivity index (χ4n) is 3.94. The molecule has 0 radical (unpaired) electrons. The summed E-state index contributed by atoms with van der Waals surface area (Å²) in [5.74, 6) is 0.775. The summed E-state index contributed by atoms with van der Waals surface area (Å²) in [7, 11) is 0. The van der Waals surface area contributed by atoms with Gasteiger partial charge in [0.25, 0.3) is 5.91 Å². The third-order valence-corrected chi connectivity index (χ3v) is 5.35. The number of benzene rings is 2. The van der Waals surface area contributed by atoms with Crippen LogP contribution in [0, 0.1) is 0 Å². The Balaban J connectivity index is 1.53. The van der Waals surface area contributed by atoms with Crippen LogP contribution in [0.3, 0.4) is 0 Å². The van der Waals surface area contributed by atoms with E-state index in [0.29, 0.717) is 22.2 Å². The van der Waals surface area contributed by atoms with E-state index >= 15 is 0 Å². The number of carbonyl (C=O) groups excluding carboxylic acids is 1. The normalized spacial score (nSPS) is 13.2. The highest BCUT2D eigenvalue weighted by Gasteiger charge is 2.17. The maximum absolute atomic E-state index is 13.1. The summed E-state index contributed by atoms with van der Waals surface area (Å²) in [6.45, 7) is 0.982. The highest BCUT2D eigenvalue weighted by atomic mass is 16.2. The monoisotopic (exact) mass is 384 g/mol. The van der Waals surface area contributed by atoms with E-state index in [9.17, 15) is 9.59 Å². The number of carbonyl (C=O) groups is 1. The van der Waals surface area contributed by atoms with E-state index in [0.717, 1.165) is 42.9 Å². The number of H-pyrrole nitrogens is 1. The quantitative estimate of drug-likeness (QED) is 0.561. The highest BCUT2D eigenvalue weighted by Crippen LogP contribution is 2.29. The van der Waals surface area contributed by atoms with Crippen molar-refractivity contribution in [2.45, 2.75) is 25.8 Å². The van der Waals surface area contributed by atoms with Gasteiger partial charge in [-0.3, -0.25) is 9.59 Å². The van der Waals surface area contributed by atoms with Gasteiger partial charge in [0, 0.05) is 41.7 Å². The van der Waals surface area contributed by atoms with Crippen molar-refractivity contribution in [3.8, 4) is 11.3 Å². The molecule has 0 fully saturated rings. The molecule has 144 valence electrons. The van der Waals surface area contributed by atoms with Crippen LogP contribution in [-0.4, -0.2) is 20.4 Å². The van der Waals surface area contributed by atoms with Crippen molar-refractivity contribution >= 4 is 22.5 Å². The zero-order valence-corrected chi connectivity index (χ0v) is 15.8. The van der Waals surface area contributed by atoms with E-state index in [4.69, 9.17) is 4.98 Å². The minimum atomic E-state index is -0.316. The Morgan fingerprint density at radius 3 is 2.79 bits per heavy atom. The minimum Gasteiger partial charge on any atom is -0.334 e. The molecule has 0 unspecified atom stereocenters. The Bertz CT molecular complexity index is 1260. The molecule has 1 amide bonds. The number of fused-ring (bicyclic) bond motifs is 2. The number of hydrogen-bond donors (Lipinski definition) is 2. The summed E-state index contributed by atoms with van der Waals surface area (Å²) in [6.07, 6.45) is 5.36. The first-order valence-electron chi connectivity index (χ1n) is 9.78. The van der Waals surface area contributed by atoms with Crippen molar-refractivity contribution in [3.63, 3.8) is 0 Å². The van der Waals surface area contributed by atoms with Crippen molar-refractivity contribution in [2.24, 2.45) is 0 Å². The smallest absolute Gasteiger partial charge is 0.256 e. The van der Waals surface area contributed by atoms with Gasteiger partial charge < -0.3 is 14.9 Å². The van der Waals surface area contributed by atoms with Gasteiger partial charge in [0.2, 0.25) is 5.56 Å². The predicted octanol–water partition coefficient (Wildman–Crippen LogP) is 3.98. The standard InChI is InChI=1S/C23H20N4O2/c28-22-13-17(15-7-1-3-9-18(15)25-22)23(29)26-19-10-4-2-8-16(19)20-14-27-12-6-5-11-21(27)24-20/h1-4,7-10,13-14H,5-6,11-12H2,(H,25,28)(H,26,29). The first-order chi connectivity index (χ1) is 14.2. The number of hydrogen-bond acceptors (Lipinski definition) is 3. The van der Waals surface area contributed by atoms with Crippen LogP contribution >= 0.6 is 0 Å². The lowest BCUT2D eigenvalue weighted by atomic mass is 10.1. The minimum absolute atomic E-state index is 0.302. The maximum atomic E-state index is 13.1. The van der Waals surface area contributed by atoms with E-state index < -0.39 is 0 Å². The van der Waals surface area contributed by atoms with Gasteiger partial charge in [0.1, 0.15) is 5.82 Å². The molecule has 0 atom stereocenters. The first kappa shape index (κ1) is 17.4. The number of nitrogens with one attached hydrogen (secondary N) is 2. The zero-order valence-electron chi connectivity index (χ0n) is 15.8. The molecule has 2 aromatic heterocycles. The van der Waals surface area contributed by atoms with E-state index in [1.807, 2.05) is 42.5 Å². The van der Waals surface area contributed by atoms with Gasteiger partial charge in [0.15, 0.2) is 0 Å². The number of rotatable bonds is 3. The van der Waals surface area contributed by atoms with Crippen LogP contribution in [0.1, 0.15) is 29.0 Å². The molecule has 0 aliphatic carbocycles. The second-order valence-corrected chi connectivity index (χ2v) is 7.29. The summed E-state index contributed by atoms with van der Waals surface area (Å²) >= 11 is 0. The molecule has 0 saturated heterocycles. The summed E-state index contributed by atoms with van der Waals surface area (Å²) in [6, 6.07) is 16.3. The average Bonchev–Trinajstić information content (AvgIpc) is 3.17. The SMILES string of the molecule is O=C(Nc1ccccc1-c1cn2c(n1)CCCC2)c1cc(=O)[nH]c2ccccc12. The Hall–Kier alpha value is -3.67. The lowest BCUT2D eigenvalue weighted by Crippen LogP contribution is -2.17. The van der Waals surface area contributed by atoms with Gasteiger partial charge in [-0.2, -0.15) is 0 Å². The lowest BCUT2D eigenvalue weighted by Gasteiger charge is -2.11. The van der Waals surface area contributed by atoms with E-state index in [2.05, 4.69) is 21.1 Å². The largest absolute Gasteiger partial charge is 0.334 e. The van der Waals surface area contributed by atoms with Crippen LogP contribution in [-0.2, 0) is 13.0 Å². The van der Waals surface area contributed by atoms with Gasteiger partial charge in [0.05, 0.1) is 16.9 Å². The molecular weight excluding hydrogens is 364 g/mol. The van der Waals surface area contributed by atoms with Gasteiger partial charge in [-0.25, -0.2) is 4.98 Å². The van der Waals surface area contributed by atoms with Crippen molar-refractivity contribution in [1.29, 1.82) is 0 Å². The molecule has 6 nitrogen and oxygen atoms in total. The van der Waals surface area contributed by atoms with Crippen LogP contribution in [0.4, 0.5) is 5.69 Å². The van der Waals surface area contributed by atoms with Crippen LogP contribution in [0.25, 0.3) is 22.2 Å². The zero-order chi connectivity index (χ0) is 19.8. The van der Waals surface area contributed by atoms with E-state index in [1.165, 1.54) is 6.07 Å². The number of aryl methyl sites for hydroxylation is 2. The molecule has 0 spiro atoms. The molecule has 1 aliphatic heterocycles. The fourth-order valence-corrected chi connectivity index (χ4v) is 3.94. The number of aromatic amines is 1. The molecule has 29 heavy (non-hydrogen) atoms. The highest BCUT2D eigenvalue weighted by molar-refractivity contribution is 6.13. The molecule has 4 aromatic rings. The van der Waals surface area contributed by atoms with Crippen LogP contribution < -0.4 is 10.9 Å². The number of nitrogens with zero attached hydrogens (tertiary/aromatic N) is 2. The van der Waals surface area contributed by atoms with Gasteiger partial charge in [-0.15, -0.1) is 0 Å². The average molecular weight is 384 g/mol. The van der Waals surface area contributed by atoms with Crippen LogP contribution in [0.2, 0.25) is 0 Å². The molecule has 1 aliphatic rings. The van der Waals surface area contributed by atoms with E-state index in [1.54, 1.807) is 6.07 Å². The van der Waals surface area contributed by atoms with E-state index in [-0.39, 0.29) is 11.5 Å². The molecule has 0 bridgehead atoms. The Labute approximate surface area is 167 Å². The topological polar surface area (TPSA) is 79.8 Å². The van der Waals surface area contributed by atoms with Crippen molar-refractivity contribution in [3.05, 3.63) is 82.5 Å². The van der Waals surface area contributed by atoms with Crippen LogP contribution in [0.5, 0.6) is 0 Å². The molecular formula is C23H20N4O2. The molecule has 0 saturated carbocycles. The van der Waals surface area contributed by atoms with Crippen molar-refractivity contribution in [1.82, 2.24) is 14.5 Å². The maximum Gasteiger partial charge on any atom is 0.256 e. The van der Waals surface area contributed by atoms with Gasteiger partial charge in [-0.05, 0) is 25.0 Å². The Morgan fingerprint density at radius 1 is 1.07 bits per heavy atom. The number of para-hydroxylation sites is 2. The molecule has 2 aromatic carbocycles. The summed E-state index contributed by atoms with van der Waals surface area (Å²) in [5, 5.41) is 3.69.